The van der Waals surface area contributed by atoms with Crippen molar-refractivity contribution in [2.24, 2.45) is 5.92 Å². The van der Waals surface area contributed by atoms with Crippen molar-refractivity contribution in [3.8, 4) is 0 Å². The Labute approximate surface area is 182 Å². The zero-order valence-electron chi connectivity index (χ0n) is 17.2. The minimum atomic E-state index is -5.08. The molecule has 32 heavy (non-hydrogen) atoms. The smallest absolute Gasteiger partial charge is 0.475 e. The second kappa shape index (κ2) is 10.6. The molecule has 2 aromatic rings. The van der Waals surface area contributed by atoms with Gasteiger partial charge in [0.2, 0.25) is 0 Å². The molecule has 2 aliphatic rings. The lowest BCUT2D eigenvalue weighted by molar-refractivity contribution is -0.192. The third-order valence-electron chi connectivity index (χ3n) is 5.32. The van der Waals surface area contributed by atoms with Crippen molar-refractivity contribution >= 4 is 11.9 Å². The van der Waals surface area contributed by atoms with Gasteiger partial charge in [-0.05, 0) is 30.2 Å². The number of carboxylic acids is 1. The van der Waals surface area contributed by atoms with Gasteiger partial charge in [-0.15, -0.1) is 0 Å². The number of hydrogen-bond acceptors (Lipinski definition) is 6. The Morgan fingerprint density at radius 1 is 1.19 bits per heavy atom. The molecule has 0 bridgehead atoms. The number of aromatic nitrogens is 1. The predicted octanol–water partition coefficient (Wildman–Crippen LogP) is 2.67. The van der Waals surface area contributed by atoms with E-state index in [9.17, 15) is 18.0 Å². The maximum absolute atomic E-state index is 12.5. The summed E-state index contributed by atoms with van der Waals surface area (Å²) in [5.41, 5.74) is 1.23. The third kappa shape index (κ3) is 6.54. The van der Waals surface area contributed by atoms with Crippen LogP contribution >= 0.6 is 0 Å². The van der Waals surface area contributed by atoms with Crippen molar-refractivity contribution in [2.45, 2.75) is 25.2 Å². The molecule has 4 rings (SSSR count). The molecular formula is C21H24F3N3O5. The van der Waals surface area contributed by atoms with Gasteiger partial charge >= 0.3 is 12.1 Å². The van der Waals surface area contributed by atoms with Gasteiger partial charge in [-0.3, -0.25) is 14.7 Å². The highest BCUT2D eigenvalue weighted by atomic mass is 19.4. The summed E-state index contributed by atoms with van der Waals surface area (Å²) < 4.78 is 43.1. The largest absolute Gasteiger partial charge is 0.490 e. The van der Waals surface area contributed by atoms with Crippen molar-refractivity contribution in [1.82, 2.24) is 14.8 Å². The molecule has 1 amide bonds. The molecule has 2 aliphatic heterocycles. The zero-order chi connectivity index (χ0) is 23.1. The molecule has 11 heteroatoms. The lowest BCUT2D eigenvalue weighted by atomic mass is 9.93. The molecule has 2 atom stereocenters. The van der Waals surface area contributed by atoms with Crippen molar-refractivity contribution in [2.75, 3.05) is 32.8 Å². The van der Waals surface area contributed by atoms with Crippen molar-refractivity contribution in [3.05, 3.63) is 54.2 Å². The average molecular weight is 455 g/mol. The molecule has 0 radical (unpaired) electrons. The van der Waals surface area contributed by atoms with Crippen LogP contribution in [0.5, 0.6) is 0 Å². The number of halogens is 3. The molecule has 0 spiro atoms. The molecule has 8 nitrogen and oxygen atoms in total. The number of ether oxygens (including phenoxy) is 1. The summed E-state index contributed by atoms with van der Waals surface area (Å²) in [6.07, 6.45) is 1.25. The van der Waals surface area contributed by atoms with Crippen molar-refractivity contribution < 1.29 is 37.0 Å². The Bertz CT molecular complexity index is 877. The van der Waals surface area contributed by atoms with Crippen LogP contribution in [-0.2, 0) is 16.1 Å². The molecule has 0 aromatic carbocycles. The molecule has 0 saturated carbocycles. The van der Waals surface area contributed by atoms with E-state index in [-0.39, 0.29) is 12.0 Å². The zero-order valence-corrected chi connectivity index (χ0v) is 17.2. The fourth-order valence-corrected chi connectivity index (χ4v) is 3.75. The number of alkyl halides is 3. The summed E-state index contributed by atoms with van der Waals surface area (Å²) in [4.78, 5) is 29.9. The lowest BCUT2D eigenvalue weighted by Crippen LogP contribution is -2.49. The Hall–Kier alpha value is -2.92. The number of furan rings is 1. The maximum Gasteiger partial charge on any atom is 0.490 e. The summed E-state index contributed by atoms with van der Waals surface area (Å²) in [6, 6.07) is 7.56. The van der Waals surface area contributed by atoms with Gasteiger partial charge in [0.05, 0.1) is 19.0 Å². The molecule has 0 aliphatic carbocycles. The molecule has 2 saturated heterocycles. The fourth-order valence-electron chi connectivity index (χ4n) is 3.75. The normalized spacial score (nSPS) is 21.7. The van der Waals surface area contributed by atoms with E-state index in [1.54, 1.807) is 24.6 Å². The number of nitrogens with zero attached hydrogens (tertiary/aromatic N) is 3. The number of amides is 1. The number of piperidine rings is 1. The van der Waals surface area contributed by atoms with Gasteiger partial charge < -0.3 is 19.2 Å². The SMILES string of the molecule is O=C(O)C(F)(F)F.O=C(c1ccco1)N1CC[C@@H]2CN(Cc3cccnc3)CCO[C@@H]2C1. The van der Waals surface area contributed by atoms with E-state index in [1.807, 2.05) is 17.2 Å². The summed E-state index contributed by atoms with van der Waals surface area (Å²) in [7, 11) is 0. The first-order valence-electron chi connectivity index (χ1n) is 10.1. The molecule has 4 heterocycles. The number of rotatable bonds is 3. The van der Waals surface area contributed by atoms with Crippen LogP contribution in [0.2, 0.25) is 0 Å². The Kier molecular flexibility index (Phi) is 7.86. The number of hydrogen-bond donors (Lipinski definition) is 1. The first-order chi connectivity index (χ1) is 15.2. The second-order valence-corrected chi connectivity index (χ2v) is 7.59. The molecule has 2 fully saturated rings. The van der Waals surface area contributed by atoms with E-state index in [0.717, 1.165) is 32.6 Å². The number of carbonyl (C=O) groups is 2. The lowest BCUT2D eigenvalue weighted by Gasteiger charge is -2.37. The second-order valence-electron chi connectivity index (χ2n) is 7.59. The van der Waals surface area contributed by atoms with Crippen LogP contribution in [0.3, 0.4) is 0 Å². The number of carbonyl (C=O) groups excluding carboxylic acids is 1. The van der Waals surface area contributed by atoms with E-state index in [0.29, 0.717) is 24.8 Å². The summed E-state index contributed by atoms with van der Waals surface area (Å²) >= 11 is 0. The van der Waals surface area contributed by atoms with Gasteiger partial charge in [0.25, 0.3) is 5.91 Å². The number of aliphatic carboxylic acids is 1. The first kappa shape index (κ1) is 23.7. The number of carboxylic acid groups (broad SMARTS) is 1. The van der Waals surface area contributed by atoms with Gasteiger partial charge in [0.1, 0.15) is 0 Å². The summed E-state index contributed by atoms with van der Waals surface area (Å²) in [5.74, 6) is -1.93. The highest BCUT2D eigenvalue weighted by molar-refractivity contribution is 5.91. The molecule has 174 valence electrons. The molecule has 2 aromatic heterocycles. The fraction of sp³-hybridized carbons (Fsp3) is 0.476. The standard InChI is InChI=1S/C19H23N3O3.C2HF3O2/c23-19(17-4-2-9-24-17)22-7-5-16-13-21(8-10-25-18(16)14-22)12-15-3-1-6-20-11-15;3-2(4,5)1(6)7/h1-4,6,9,11,16,18H,5,7-8,10,12-14H2;(H,6,7)/t16-,18-;/m1./s1. The van der Waals surface area contributed by atoms with E-state index in [4.69, 9.17) is 19.1 Å². The van der Waals surface area contributed by atoms with Crippen LogP contribution in [-0.4, -0.2) is 76.8 Å². The Morgan fingerprint density at radius 3 is 2.59 bits per heavy atom. The topological polar surface area (TPSA) is 96.1 Å². The minimum absolute atomic E-state index is 0.0384. The maximum atomic E-state index is 12.5. The van der Waals surface area contributed by atoms with Gasteiger partial charge in [0, 0.05) is 51.0 Å². The van der Waals surface area contributed by atoms with Gasteiger partial charge in [-0.1, -0.05) is 6.07 Å². The van der Waals surface area contributed by atoms with Crippen LogP contribution in [0.4, 0.5) is 13.2 Å². The van der Waals surface area contributed by atoms with Crippen LogP contribution in [0.1, 0.15) is 22.5 Å². The van der Waals surface area contributed by atoms with Gasteiger partial charge in [-0.2, -0.15) is 13.2 Å². The van der Waals surface area contributed by atoms with Crippen LogP contribution in [0, 0.1) is 5.92 Å². The first-order valence-corrected chi connectivity index (χ1v) is 10.1. The highest BCUT2D eigenvalue weighted by Gasteiger charge is 2.38. The van der Waals surface area contributed by atoms with Gasteiger partial charge in [0.15, 0.2) is 5.76 Å². The minimum Gasteiger partial charge on any atom is -0.475 e. The highest BCUT2D eigenvalue weighted by Crippen LogP contribution is 2.26. The summed E-state index contributed by atoms with van der Waals surface area (Å²) in [5, 5.41) is 7.12. The molecular weight excluding hydrogens is 431 g/mol. The van der Waals surface area contributed by atoms with Crippen molar-refractivity contribution in [1.29, 1.82) is 0 Å². The Balaban J connectivity index is 0.000000360. The van der Waals surface area contributed by atoms with E-state index >= 15 is 0 Å². The predicted molar refractivity (Wildman–Crippen MR) is 106 cm³/mol. The van der Waals surface area contributed by atoms with Crippen LogP contribution < -0.4 is 0 Å². The van der Waals surface area contributed by atoms with Gasteiger partial charge in [-0.25, -0.2) is 4.79 Å². The average Bonchev–Trinajstić information content (AvgIpc) is 3.22. The number of pyridine rings is 1. The summed E-state index contributed by atoms with van der Waals surface area (Å²) in [6.45, 7) is 4.91. The van der Waals surface area contributed by atoms with Crippen LogP contribution in [0.25, 0.3) is 0 Å². The third-order valence-corrected chi connectivity index (χ3v) is 5.32. The monoisotopic (exact) mass is 455 g/mol. The van der Waals surface area contributed by atoms with Crippen LogP contribution in [0.15, 0.2) is 47.3 Å². The quantitative estimate of drug-likeness (QED) is 0.760. The number of fused-ring (bicyclic) bond motifs is 1. The van der Waals surface area contributed by atoms with E-state index in [1.165, 1.54) is 5.56 Å². The molecule has 0 unspecified atom stereocenters. The van der Waals surface area contributed by atoms with E-state index < -0.39 is 12.1 Å². The molecule has 1 N–H and O–H groups in total. The van der Waals surface area contributed by atoms with E-state index in [2.05, 4.69) is 16.0 Å². The van der Waals surface area contributed by atoms with Crippen molar-refractivity contribution in [3.63, 3.8) is 0 Å². The Morgan fingerprint density at radius 2 is 1.97 bits per heavy atom. The number of likely N-dealkylation sites (tertiary alicyclic amines) is 1.